The van der Waals surface area contributed by atoms with E-state index < -0.39 is 0 Å². The Hall–Kier alpha value is -2.82. The van der Waals surface area contributed by atoms with Crippen molar-refractivity contribution < 1.29 is 9.53 Å². The van der Waals surface area contributed by atoms with Gasteiger partial charge in [-0.1, -0.05) is 13.0 Å². The van der Waals surface area contributed by atoms with Crippen molar-refractivity contribution in [3.05, 3.63) is 65.6 Å². The second-order valence-electron chi connectivity index (χ2n) is 6.30. The monoisotopic (exact) mass is 337 g/mol. The van der Waals surface area contributed by atoms with Crippen molar-refractivity contribution in [1.82, 2.24) is 14.7 Å². The van der Waals surface area contributed by atoms with Gasteiger partial charge >= 0.3 is 0 Å². The van der Waals surface area contributed by atoms with E-state index in [0.29, 0.717) is 17.9 Å². The zero-order valence-electron chi connectivity index (χ0n) is 14.8. The Kier molecular flexibility index (Phi) is 5.03. The van der Waals surface area contributed by atoms with Crippen LogP contribution in [-0.2, 0) is 6.61 Å². The molecule has 0 bridgehead atoms. The third-order valence-electron chi connectivity index (χ3n) is 4.14. The van der Waals surface area contributed by atoms with Crippen LogP contribution in [0.1, 0.15) is 41.9 Å². The highest BCUT2D eigenvalue weighted by molar-refractivity contribution is 5.94. The first-order chi connectivity index (χ1) is 12.0. The lowest BCUT2D eigenvalue weighted by molar-refractivity contribution is 0.0939. The summed E-state index contributed by atoms with van der Waals surface area (Å²) in [7, 11) is 0. The van der Waals surface area contributed by atoms with E-state index in [1.165, 1.54) is 5.56 Å². The van der Waals surface area contributed by atoms with Crippen LogP contribution >= 0.6 is 0 Å². The van der Waals surface area contributed by atoms with Gasteiger partial charge in [0.25, 0.3) is 5.91 Å². The topological polar surface area (TPSA) is 55.6 Å². The second-order valence-corrected chi connectivity index (χ2v) is 6.30. The van der Waals surface area contributed by atoms with E-state index in [9.17, 15) is 4.79 Å². The molecule has 3 aromatic rings. The predicted molar refractivity (Wildman–Crippen MR) is 97.9 cm³/mol. The molecule has 1 amide bonds. The average Bonchev–Trinajstić information content (AvgIpc) is 3.02. The fourth-order valence-corrected chi connectivity index (χ4v) is 2.49. The number of nitrogens with zero attached hydrogens (tertiary/aromatic N) is 2. The van der Waals surface area contributed by atoms with E-state index in [-0.39, 0.29) is 11.9 Å². The molecule has 0 saturated heterocycles. The maximum absolute atomic E-state index is 12.1. The largest absolute Gasteiger partial charge is 0.487 e. The first-order valence-electron chi connectivity index (χ1n) is 8.53. The number of amides is 1. The van der Waals surface area contributed by atoms with Crippen molar-refractivity contribution >= 4 is 11.6 Å². The number of hydrogen-bond acceptors (Lipinski definition) is 3. The Morgan fingerprint density at radius 3 is 2.68 bits per heavy atom. The highest BCUT2D eigenvalue weighted by Gasteiger charge is 2.09. The molecule has 0 spiro atoms. The number of rotatable bonds is 6. The fourth-order valence-electron chi connectivity index (χ4n) is 2.49. The van der Waals surface area contributed by atoms with Crippen molar-refractivity contribution in [1.29, 1.82) is 0 Å². The smallest absolute Gasteiger partial charge is 0.251 e. The summed E-state index contributed by atoms with van der Waals surface area (Å²) in [6.45, 7) is 6.47. The van der Waals surface area contributed by atoms with Gasteiger partial charge in [0, 0.05) is 24.0 Å². The van der Waals surface area contributed by atoms with Crippen LogP contribution in [0.25, 0.3) is 5.65 Å². The fraction of sp³-hybridized carbons (Fsp3) is 0.300. The molecular formula is C20H23N3O2. The predicted octanol–water partition coefficient (Wildman–Crippen LogP) is 3.75. The summed E-state index contributed by atoms with van der Waals surface area (Å²) in [5, 5.41) is 2.95. The maximum Gasteiger partial charge on any atom is 0.251 e. The number of ether oxygens (including phenoxy) is 1. The number of aryl methyl sites for hydroxylation is 1. The third kappa shape index (κ3) is 4.18. The average molecular weight is 337 g/mol. The molecular weight excluding hydrogens is 314 g/mol. The molecule has 25 heavy (non-hydrogen) atoms. The Balaban J connectivity index is 1.62. The Morgan fingerprint density at radius 1 is 1.20 bits per heavy atom. The van der Waals surface area contributed by atoms with E-state index in [1.807, 2.05) is 54.9 Å². The van der Waals surface area contributed by atoms with Gasteiger partial charge in [-0.15, -0.1) is 0 Å². The molecule has 1 N–H and O–H groups in total. The summed E-state index contributed by atoms with van der Waals surface area (Å²) in [6, 6.07) is 11.4. The third-order valence-corrected chi connectivity index (χ3v) is 4.14. The summed E-state index contributed by atoms with van der Waals surface area (Å²) in [5.41, 5.74) is 3.59. The summed E-state index contributed by atoms with van der Waals surface area (Å²) in [6.07, 6.45) is 4.91. The Morgan fingerprint density at radius 2 is 1.96 bits per heavy atom. The van der Waals surface area contributed by atoms with Gasteiger partial charge in [-0.25, -0.2) is 4.98 Å². The highest BCUT2D eigenvalue weighted by Crippen LogP contribution is 2.15. The molecule has 0 aliphatic rings. The van der Waals surface area contributed by atoms with Crippen LogP contribution in [0.3, 0.4) is 0 Å². The number of benzene rings is 1. The van der Waals surface area contributed by atoms with E-state index >= 15 is 0 Å². The second kappa shape index (κ2) is 7.38. The van der Waals surface area contributed by atoms with E-state index in [1.54, 1.807) is 12.1 Å². The van der Waals surface area contributed by atoms with Crippen LogP contribution in [0, 0.1) is 6.92 Å². The summed E-state index contributed by atoms with van der Waals surface area (Å²) in [5.74, 6) is 0.657. The minimum absolute atomic E-state index is 0.0587. The number of aromatic nitrogens is 2. The summed E-state index contributed by atoms with van der Waals surface area (Å²) >= 11 is 0. The zero-order chi connectivity index (χ0) is 17.8. The lowest BCUT2D eigenvalue weighted by Gasteiger charge is -2.11. The van der Waals surface area contributed by atoms with Crippen LogP contribution in [0.2, 0.25) is 0 Å². The number of imidazole rings is 1. The number of fused-ring (bicyclic) bond motifs is 1. The van der Waals surface area contributed by atoms with Crippen LogP contribution in [0.15, 0.2) is 48.8 Å². The van der Waals surface area contributed by atoms with Gasteiger partial charge in [-0.05, 0) is 56.2 Å². The normalized spacial score (nSPS) is 12.1. The number of nitrogens with one attached hydrogen (secondary N) is 1. The molecule has 1 atom stereocenters. The summed E-state index contributed by atoms with van der Waals surface area (Å²) in [4.78, 5) is 16.6. The van der Waals surface area contributed by atoms with Gasteiger partial charge in [-0.3, -0.25) is 4.79 Å². The molecule has 5 nitrogen and oxygen atoms in total. The lowest BCUT2D eigenvalue weighted by atomic mass is 10.2. The molecule has 0 radical (unpaired) electrons. The van der Waals surface area contributed by atoms with Crippen LogP contribution in [0.5, 0.6) is 5.75 Å². The number of pyridine rings is 1. The van der Waals surface area contributed by atoms with E-state index in [2.05, 4.69) is 17.2 Å². The number of carbonyl (C=O) groups excluding carboxylic acids is 1. The molecule has 0 aliphatic carbocycles. The minimum atomic E-state index is -0.0587. The first kappa shape index (κ1) is 17.0. The molecule has 5 heteroatoms. The lowest BCUT2D eigenvalue weighted by Crippen LogP contribution is -2.31. The quantitative estimate of drug-likeness (QED) is 0.745. The van der Waals surface area contributed by atoms with Crippen molar-refractivity contribution in [3.63, 3.8) is 0 Å². The van der Waals surface area contributed by atoms with Crippen LogP contribution in [0.4, 0.5) is 0 Å². The molecule has 130 valence electrons. The van der Waals surface area contributed by atoms with Gasteiger partial charge in [-0.2, -0.15) is 0 Å². The Labute approximate surface area is 147 Å². The zero-order valence-corrected chi connectivity index (χ0v) is 14.8. The molecule has 1 unspecified atom stereocenters. The molecule has 0 fully saturated rings. The van der Waals surface area contributed by atoms with Crippen LogP contribution < -0.4 is 10.1 Å². The van der Waals surface area contributed by atoms with E-state index in [4.69, 9.17) is 4.74 Å². The molecule has 2 aromatic heterocycles. The van der Waals surface area contributed by atoms with Gasteiger partial charge in [0.15, 0.2) is 0 Å². The molecule has 0 saturated carbocycles. The summed E-state index contributed by atoms with van der Waals surface area (Å²) < 4.78 is 7.78. The Bertz CT molecular complexity index is 868. The highest BCUT2D eigenvalue weighted by atomic mass is 16.5. The first-order valence-corrected chi connectivity index (χ1v) is 8.53. The molecule has 3 rings (SSSR count). The van der Waals surface area contributed by atoms with Crippen molar-refractivity contribution in [2.45, 2.75) is 39.8 Å². The minimum Gasteiger partial charge on any atom is -0.487 e. The van der Waals surface area contributed by atoms with Crippen molar-refractivity contribution in [2.24, 2.45) is 0 Å². The van der Waals surface area contributed by atoms with Gasteiger partial charge in [0.2, 0.25) is 0 Å². The van der Waals surface area contributed by atoms with Gasteiger partial charge in [0.05, 0.1) is 5.69 Å². The number of hydrogen-bond donors (Lipinski definition) is 1. The number of carbonyl (C=O) groups is 1. The molecule has 0 aliphatic heterocycles. The maximum atomic E-state index is 12.1. The molecule has 1 aromatic carbocycles. The van der Waals surface area contributed by atoms with Gasteiger partial charge < -0.3 is 14.5 Å². The van der Waals surface area contributed by atoms with Gasteiger partial charge in [0.1, 0.15) is 18.0 Å². The van der Waals surface area contributed by atoms with Crippen molar-refractivity contribution in [3.8, 4) is 5.75 Å². The standard InChI is InChI=1S/C20H23N3O2/c1-4-15(3)21-20(24)16-6-8-18(9-7-16)25-13-17-12-23-11-14(2)5-10-19(23)22-17/h5-12,15H,4,13H2,1-3H3,(H,21,24). The van der Waals surface area contributed by atoms with Crippen LogP contribution in [-0.4, -0.2) is 21.3 Å². The van der Waals surface area contributed by atoms with E-state index in [0.717, 1.165) is 17.8 Å². The SMILES string of the molecule is CCC(C)NC(=O)c1ccc(OCc2cn3cc(C)ccc3n2)cc1. The molecule has 2 heterocycles. The van der Waals surface area contributed by atoms with Crippen molar-refractivity contribution in [2.75, 3.05) is 0 Å².